The average molecular weight is 307 g/mol. The summed E-state index contributed by atoms with van der Waals surface area (Å²) in [6.07, 6.45) is 2.86. The van der Waals surface area contributed by atoms with Gasteiger partial charge in [0.2, 0.25) is 5.13 Å². The molecule has 1 heterocycles. The summed E-state index contributed by atoms with van der Waals surface area (Å²) in [4.78, 5) is 4.53. The van der Waals surface area contributed by atoms with E-state index in [1.54, 1.807) is 11.3 Å². The van der Waals surface area contributed by atoms with E-state index in [9.17, 15) is 0 Å². The lowest BCUT2D eigenvalue weighted by molar-refractivity contribution is 1.14. The van der Waals surface area contributed by atoms with Gasteiger partial charge in [-0.2, -0.15) is 5.10 Å². The van der Waals surface area contributed by atoms with Crippen molar-refractivity contribution in [3.05, 3.63) is 71.1 Å². The van der Waals surface area contributed by atoms with Crippen LogP contribution < -0.4 is 5.43 Å². The number of hydrogen-bond acceptors (Lipinski definition) is 4. The molecule has 0 saturated carbocycles. The smallest absolute Gasteiger partial charge is 0.203 e. The van der Waals surface area contributed by atoms with Crippen LogP contribution in [-0.2, 0) is 6.42 Å². The molecule has 22 heavy (non-hydrogen) atoms. The number of hydrazone groups is 1. The van der Waals surface area contributed by atoms with Crippen molar-refractivity contribution in [3.63, 3.8) is 0 Å². The topological polar surface area (TPSA) is 37.3 Å². The normalized spacial score (nSPS) is 11.0. The lowest BCUT2D eigenvalue weighted by Gasteiger charge is -1.97. The van der Waals surface area contributed by atoms with Gasteiger partial charge in [0.15, 0.2) is 0 Å². The molecule has 0 unspecified atom stereocenters. The first-order valence-electron chi connectivity index (χ1n) is 7.24. The fourth-order valence-electron chi connectivity index (χ4n) is 2.07. The minimum Gasteiger partial charge on any atom is -0.253 e. The largest absolute Gasteiger partial charge is 0.253 e. The maximum Gasteiger partial charge on any atom is 0.203 e. The van der Waals surface area contributed by atoms with Gasteiger partial charge in [0.1, 0.15) is 0 Å². The van der Waals surface area contributed by atoms with Gasteiger partial charge in [0.05, 0.1) is 11.9 Å². The van der Waals surface area contributed by atoms with Crippen molar-refractivity contribution in [2.24, 2.45) is 5.10 Å². The van der Waals surface area contributed by atoms with Gasteiger partial charge < -0.3 is 0 Å². The van der Waals surface area contributed by atoms with Crippen LogP contribution in [0.4, 0.5) is 5.13 Å². The number of hydrogen-bond donors (Lipinski definition) is 1. The van der Waals surface area contributed by atoms with E-state index in [1.807, 2.05) is 29.8 Å². The predicted molar refractivity (Wildman–Crippen MR) is 94.6 cm³/mol. The Morgan fingerprint density at radius 1 is 1.09 bits per heavy atom. The fourth-order valence-corrected chi connectivity index (χ4v) is 2.74. The molecule has 1 aromatic heterocycles. The number of anilines is 1. The lowest BCUT2D eigenvalue weighted by atomic mass is 10.1. The van der Waals surface area contributed by atoms with Crippen LogP contribution in [0.2, 0.25) is 0 Å². The SMILES string of the molecule is CCc1ccc(/C=N\Nc2nc(-c3ccccc3)cs2)cc1. The molecule has 1 N–H and O–H groups in total. The number of aryl methyl sites for hydroxylation is 1. The van der Waals surface area contributed by atoms with Gasteiger partial charge in [-0.05, 0) is 17.5 Å². The Hall–Kier alpha value is -2.46. The maximum absolute atomic E-state index is 4.53. The molecule has 0 amide bonds. The second kappa shape index (κ2) is 7.00. The summed E-state index contributed by atoms with van der Waals surface area (Å²) in [5.74, 6) is 0. The average Bonchev–Trinajstić information content (AvgIpc) is 3.05. The summed E-state index contributed by atoms with van der Waals surface area (Å²) >= 11 is 1.55. The van der Waals surface area contributed by atoms with Crippen LogP contribution in [0, 0.1) is 0 Å². The fraction of sp³-hybridized carbons (Fsp3) is 0.111. The third-order valence-corrected chi connectivity index (χ3v) is 4.08. The van der Waals surface area contributed by atoms with Crippen molar-refractivity contribution in [2.75, 3.05) is 5.43 Å². The zero-order valence-electron chi connectivity index (χ0n) is 12.4. The Bertz CT molecular complexity index is 746. The van der Waals surface area contributed by atoms with E-state index in [0.717, 1.165) is 28.4 Å². The molecule has 0 aliphatic heterocycles. The highest BCUT2D eigenvalue weighted by Crippen LogP contribution is 2.24. The van der Waals surface area contributed by atoms with Crippen molar-refractivity contribution >= 4 is 22.7 Å². The molecule has 3 rings (SSSR count). The molecule has 3 aromatic rings. The van der Waals surface area contributed by atoms with Crippen LogP contribution in [-0.4, -0.2) is 11.2 Å². The summed E-state index contributed by atoms with van der Waals surface area (Å²) in [6.45, 7) is 2.15. The molecule has 0 saturated heterocycles. The number of nitrogens with zero attached hydrogens (tertiary/aromatic N) is 2. The second-order valence-electron chi connectivity index (χ2n) is 4.87. The highest BCUT2D eigenvalue weighted by atomic mass is 32.1. The van der Waals surface area contributed by atoms with Gasteiger partial charge in [-0.15, -0.1) is 11.3 Å². The van der Waals surface area contributed by atoms with Crippen LogP contribution in [0.5, 0.6) is 0 Å². The summed E-state index contributed by atoms with van der Waals surface area (Å²) < 4.78 is 0. The molecule has 0 atom stereocenters. The van der Waals surface area contributed by atoms with E-state index in [4.69, 9.17) is 0 Å². The first-order valence-corrected chi connectivity index (χ1v) is 8.12. The monoisotopic (exact) mass is 307 g/mol. The molecule has 0 radical (unpaired) electrons. The number of benzene rings is 2. The molecule has 0 spiro atoms. The quantitative estimate of drug-likeness (QED) is 0.542. The van der Waals surface area contributed by atoms with Crippen LogP contribution in [0.25, 0.3) is 11.3 Å². The van der Waals surface area contributed by atoms with E-state index in [1.165, 1.54) is 5.56 Å². The predicted octanol–water partition coefficient (Wildman–Crippen LogP) is 4.82. The van der Waals surface area contributed by atoms with Crippen molar-refractivity contribution < 1.29 is 0 Å². The summed E-state index contributed by atoms with van der Waals surface area (Å²) in [5.41, 5.74) is 7.48. The highest BCUT2D eigenvalue weighted by molar-refractivity contribution is 7.14. The minimum absolute atomic E-state index is 0.792. The Morgan fingerprint density at radius 3 is 2.59 bits per heavy atom. The molecule has 4 heteroatoms. The van der Waals surface area contributed by atoms with E-state index in [-0.39, 0.29) is 0 Å². The number of thiazole rings is 1. The molecule has 2 aromatic carbocycles. The molecular formula is C18H17N3S. The van der Waals surface area contributed by atoms with Crippen molar-refractivity contribution in [2.45, 2.75) is 13.3 Å². The summed E-state index contributed by atoms with van der Waals surface area (Å²) in [7, 11) is 0. The molecule has 0 bridgehead atoms. The van der Waals surface area contributed by atoms with Gasteiger partial charge in [-0.1, -0.05) is 61.5 Å². The van der Waals surface area contributed by atoms with Crippen molar-refractivity contribution in [1.82, 2.24) is 4.98 Å². The molecular weight excluding hydrogens is 290 g/mol. The van der Waals surface area contributed by atoms with E-state index in [2.05, 4.69) is 58.8 Å². The van der Waals surface area contributed by atoms with Crippen molar-refractivity contribution in [1.29, 1.82) is 0 Å². The standard InChI is InChI=1S/C18H17N3S/c1-2-14-8-10-15(11-9-14)12-19-21-18-20-17(13-22-18)16-6-4-3-5-7-16/h3-13H,2H2,1H3,(H,20,21)/b19-12-. The molecule has 110 valence electrons. The molecule has 0 fully saturated rings. The number of nitrogens with one attached hydrogen (secondary N) is 1. The van der Waals surface area contributed by atoms with Gasteiger partial charge in [0, 0.05) is 10.9 Å². The summed E-state index contributed by atoms with van der Waals surface area (Å²) in [5, 5.41) is 7.07. The number of rotatable bonds is 5. The van der Waals surface area contributed by atoms with Gasteiger partial charge >= 0.3 is 0 Å². The highest BCUT2D eigenvalue weighted by Gasteiger charge is 2.02. The Labute approximate surface area is 134 Å². The first-order chi connectivity index (χ1) is 10.8. The molecule has 3 nitrogen and oxygen atoms in total. The van der Waals surface area contributed by atoms with Gasteiger partial charge in [0.25, 0.3) is 0 Å². The lowest BCUT2D eigenvalue weighted by Crippen LogP contribution is -1.90. The second-order valence-corrected chi connectivity index (χ2v) is 5.73. The third kappa shape index (κ3) is 3.59. The van der Waals surface area contributed by atoms with Crippen LogP contribution in [0.1, 0.15) is 18.1 Å². The molecule has 0 aliphatic carbocycles. The Balaban J connectivity index is 1.64. The van der Waals surface area contributed by atoms with Crippen LogP contribution in [0.15, 0.2) is 65.1 Å². The summed E-state index contributed by atoms with van der Waals surface area (Å²) in [6, 6.07) is 18.5. The van der Waals surface area contributed by atoms with Gasteiger partial charge in [-0.3, -0.25) is 5.43 Å². The minimum atomic E-state index is 0.792. The van der Waals surface area contributed by atoms with Crippen molar-refractivity contribution in [3.8, 4) is 11.3 Å². The molecule has 0 aliphatic rings. The third-order valence-electron chi connectivity index (χ3n) is 3.34. The Kier molecular flexibility index (Phi) is 4.61. The zero-order chi connectivity index (χ0) is 15.2. The van der Waals surface area contributed by atoms with E-state index >= 15 is 0 Å². The first kappa shape index (κ1) is 14.5. The van der Waals surface area contributed by atoms with Gasteiger partial charge in [-0.25, -0.2) is 4.98 Å². The Morgan fingerprint density at radius 2 is 1.86 bits per heavy atom. The number of aromatic nitrogens is 1. The van der Waals surface area contributed by atoms with Crippen LogP contribution >= 0.6 is 11.3 Å². The van der Waals surface area contributed by atoms with Crippen LogP contribution in [0.3, 0.4) is 0 Å². The zero-order valence-corrected chi connectivity index (χ0v) is 13.2. The maximum atomic E-state index is 4.53. The van der Waals surface area contributed by atoms with E-state index < -0.39 is 0 Å². The van der Waals surface area contributed by atoms with E-state index in [0.29, 0.717) is 0 Å².